The zero-order chi connectivity index (χ0) is 15.8. The van der Waals surface area contributed by atoms with Crippen LogP contribution < -0.4 is 5.32 Å². The molecule has 0 saturated heterocycles. The number of benzene rings is 1. The Bertz CT molecular complexity index is 590. The highest BCUT2D eigenvalue weighted by Gasteiger charge is 2.16. The van der Waals surface area contributed by atoms with E-state index in [1.165, 1.54) is 0 Å². The summed E-state index contributed by atoms with van der Waals surface area (Å²) in [5.74, 6) is 0.102. The van der Waals surface area contributed by atoms with Crippen LogP contribution >= 0.6 is 0 Å². The van der Waals surface area contributed by atoms with Gasteiger partial charge in [0.1, 0.15) is 6.54 Å². The van der Waals surface area contributed by atoms with Crippen molar-refractivity contribution >= 4 is 17.8 Å². The molecule has 0 radical (unpaired) electrons. The van der Waals surface area contributed by atoms with Crippen LogP contribution in [0.25, 0.3) is 0 Å². The summed E-state index contributed by atoms with van der Waals surface area (Å²) in [4.78, 5) is 35.3. The number of nitrogens with one attached hydrogen (secondary N) is 1. The molecule has 21 heavy (non-hydrogen) atoms. The summed E-state index contributed by atoms with van der Waals surface area (Å²) in [7, 11) is 0. The summed E-state index contributed by atoms with van der Waals surface area (Å²) in [6, 6.07) is 6.91. The van der Waals surface area contributed by atoms with Crippen molar-refractivity contribution in [2.24, 2.45) is 0 Å². The third-order valence-electron chi connectivity index (χ3n) is 2.64. The molecule has 6 nitrogen and oxygen atoms in total. The van der Waals surface area contributed by atoms with E-state index in [0.29, 0.717) is 5.56 Å². The molecule has 0 aliphatic carbocycles. The van der Waals surface area contributed by atoms with Crippen LogP contribution in [0.4, 0.5) is 0 Å². The van der Waals surface area contributed by atoms with Crippen LogP contribution in [0.2, 0.25) is 0 Å². The van der Waals surface area contributed by atoms with Gasteiger partial charge in [-0.2, -0.15) is 0 Å². The van der Waals surface area contributed by atoms with Crippen LogP contribution in [0.1, 0.15) is 15.9 Å². The summed E-state index contributed by atoms with van der Waals surface area (Å²) in [5, 5.41) is 11.1. The van der Waals surface area contributed by atoms with Gasteiger partial charge in [0.2, 0.25) is 5.91 Å². The lowest BCUT2D eigenvalue weighted by atomic mass is 10.1. The molecule has 1 rings (SSSR count). The number of hydrogen-bond donors (Lipinski definition) is 2. The van der Waals surface area contributed by atoms with Crippen molar-refractivity contribution in [1.29, 1.82) is 0 Å². The lowest BCUT2D eigenvalue weighted by molar-refractivity contribution is -0.143. The minimum atomic E-state index is -1.16. The predicted octanol–water partition coefficient (Wildman–Crippen LogP) is 0.271. The fraction of sp³-hybridized carbons (Fsp3) is 0.267. The lowest BCUT2D eigenvalue weighted by Gasteiger charge is -2.18. The number of carbonyl (C=O) groups excluding carboxylic acids is 2. The number of amides is 2. The molecule has 110 valence electrons. The zero-order valence-electron chi connectivity index (χ0n) is 11.6. The first-order valence-electron chi connectivity index (χ1n) is 6.22. The van der Waals surface area contributed by atoms with Crippen molar-refractivity contribution in [2.75, 3.05) is 19.6 Å². The minimum Gasteiger partial charge on any atom is -0.480 e. The van der Waals surface area contributed by atoms with Crippen molar-refractivity contribution in [1.82, 2.24) is 10.2 Å². The molecule has 0 heterocycles. The van der Waals surface area contributed by atoms with E-state index in [1.54, 1.807) is 18.2 Å². The van der Waals surface area contributed by atoms with Crippen molar-refractivity contribution in [2.45, 2.75) is 6.92 Å². The SMILES string of the molecule is C#CCN(CC(=O)O)C(=O)CNC(=O)c1cccc(C)c1. The lowest BCUT2D eigenvalue weighted by Crippen LogP contribution is -2.42. The number of nitrogens with zero attached hydrogens (tertiary/aromatic N) is 1. The number of terminal acetylenes is 1. The molecule has 0 aliphatic heterocycles. The topological polar surface area (TPSA) is 86.7 Å². The number of rotatable bonds is 6. The molecule has 0 aromatic heterocycles. The molecule has 2 N–H and O–H groups in total. The van der Waals surface area contributed by atoms with Crippen molar-refractivity contribution in [3.63, 3.8) is 0 Å². The molecule has 0 saturated carbocycles. The number of carbonyl (C=O) groups is 3. The monoisotopic (exact) mass is 288 g/mol. The molecule has 0 fully saturated rings. The van der Waals surface area contributed by atoms with E-state index < -0.39 is 24.3 Å². The molecule has 0 atom stereocenters. The fourth-order valence-electron chi connectivity index (χ4n) is 1.66. The highest BCUT2D eigenvalue weighted by atomic mass is 16.4. The highest BCUT2D eigenvalue weighted by molar-refractivity contribution is 5.96. The molecular formula is C15H16N2O4. The molecular weight excluding hydrogens is 272 g/mol. The average Bonchev–Trinajstić information content (AvgIpc) is 2.43. The van der Waals surface area contributed by atoms with Gasteiger partial charge in [-0.25, -0.2) is 0 Å². The molecule has 0 aliphatic rings. The Morgan fingerprint density at radius 3 is 2.67 bits per heavy atom. The van der Waals surface area contributed by atoms with Gasteiger partial charge in [-0.1, -0.05) is 23.6 Å². The third kappa shape index (κ3) is 5.37. The van der Waals surface area contributed by atoms with Gasteiger partial charge in [0.15, 0.2) is 0 Å². The smallest absolute Gasteiger partial charge is 0.323 e. The van der Waals surface area contributed by atoms with Gasteiger partial charge in [0, 0.05) is 5.56 Å². The van der Waals surface area contributed by atoms with Crippen molar-refractivity contribution in [3.05, 3.63) is 35.4 Å². The van der Waals surface area contributed by atoms with Crippen LogP contribution in [0.15, 0.2) is 24.3 Å². The maximum Gasteiger partial charge on any atom is 0.323 e. The van der Waals surface area contributed by atoms with E-state index in [9.17, 15) is 14.4 Å². The number of aryl methyl sites for hydroxylation is 1. The Balaban J connectivity index is 2.60. The predicted molar refractivity (Wildman–Crippen MR) is 76.6 cm³/mol. The van der Waals surface area contributed by atoms with Gasteiger partial charge >= 0.3 is 5.97 Å². The van der Waals surface area contributed by atoms with E-state index in [1.807, 2.05) is 13.0 Å². The largest absolute Gasteiger partial charge is 0.480 e. The van der Waals surface area contributed by atoms with Crippen LogP contribution in [0.3, 0.4) is 0 Å². The third-order valence-corrected chi connectivity index (χ3v) is 2.64. The second-order valence-electron chi connectivity index (χ2n) is 4.40. The maximum atomic E-state index is 11.9. The van der Waals surface area contributed by atoms with E-state index >= 15 is 0 Å². The summed E-state index contributed by atoms with van der Waals surface area (Å²) >= 11 is 0. The van der Waals surface area contributed by atoms with Gasteiger partial charge in [-0.3, -0.25) is 14.4 Å². The van der Waals surface area contributed by atoms with Crippen molar-refractivity contribution in [3.8, 4) is 12.3 Å². The minimum absolute atomic E-state index is 0.120. The molecule has 2 amide bonds. The summed E-state index contributed by atoms with van der Waals surface area (Å²) in [6.07, 6.45) is 5.08. The summed E-state index contributed by atoms with van der Waals surface area (Å²) in [5.41, 5.74) is 1.36. The first-order chi connectivity index (χ1) is 9.93. The standard InChI is InChI=1S/C15H16N2O4/c1-3-7-17(10-14(19)20)13(18)9-16-15(21)12-6-4-5-11(2)8-12/h1,4-6,8H,7,9-10H2,2H3,(H,16,21)(H,19,20). The molecule has 1 aromatic carbocycles. The van der Waals surface area contributed by atoms with Gasteiger partial charge in [0.25, 0.3) is 5.91 Å². The Morgan fingerprint density at radius 1 is 1.38 bits per heavy atom. The van der Waals surface area contributed by atoms with Gasteiger partial charge < -0.3 is 15.3 Å². The molecule has 6 heteroatoms. The molecule has 0 bridgehead atoms. The molecule has 1 aromatic rings. The number of hydrogen-bond acceptors (Lipinski definition) is 3. The Morgan fingerprint density at radius 2 is 2.10 bits per heavy atom. The number of aliphatic carboxylic acids is 1. The Hall–Kier alpha value is -2.81. The van der Waals surface area contributed by atoms with E-state index in [0.717, 1.165) is 10.5 Å². The van der Waals surface area contributed by atoms with Crippen LogP contribution in [0.5, 0.6) is 0 Å². The normalized spacial score (nSPS) is 9.52. The summed E-state index contributed by atoms with van der Waals surface area (Å²) in [6.45, 7) is 0.931. The maximum absolute atomic E-state index is 11.9. The van der Waals surface area contributed by atoms with E-state index in [-0.39, 0.29) is 13.1 Å². The average molecular weight is 288 g/mol. The quantitative estimate of drug-likeness (QED) is 0.736. The number of carboxylic acid groups (broad SMARTS) is 1. The Kier molecular flexibility index (Phi) is 5.96. The Labute approximate surface area is 122 Å². The zero-order valence-corrected chi connectivity index (χ0v) is 11.6. The van der Waals surface area contributed by atoms with Gasteiger partial charge in [-0.15, -0.1) is 6.42 Å². The first-order valence-corrected chi connectivity index (χ1v) is 6.22. The van der Waals surface area contributed by atoms with Crippen LogP contribution in [-0.2, 0) is 9.59 Å². The van der Waals surface area contributed by atoms with E-state index in [2.05, 4.69) is 11.2 Å². The second-order valence-corrected chi connectivity index (χ2v) is 4.40. The molecule has 0 unspecified atom stereocenters. The van der Waals surface area contributed by atoms with Crippen LogP contribution in [0, 0.1) is 19.3 Å². The second kappa shape index (κ2) is 7.70. The van der Waals surface area contributed by atoms with E-state index in [4.69, 9.17) is 11.5 Å². The summed E-state index contributed by atoms with van der Waals surface area (Å²) < 4.78 is 0. The first kappa shape index (κ1) is 16.2. The fourth-order valence-corrected chi connectivity index (χ4v) is 1.66. The van der Waals surface area contributed by atoms with Crippen LogP contribution in [-0.4, -0.2) is 47.4 Å². The molecule has 0 spiro atoms. The van der Waals surface area contributed by atoms with Crippen molar-refractivity contribution < 1.29 is 19.5 Å². The van der Waals surface area contributed by atoms with Gasteiger partial charge in [-0.05, 0) is 19.1 Å². The number of carboxylic acids is 1. The highest BCUT2D eigenvalue weighted by Crippen LogP contribution is 2.03. The van der Waals surface area contributed by atoms with Gasteiger partial charge in [0.05, 0.1) is 13.1 Å².